The number of hydrogen-bond donors (Lipinski definition) is 0. The predicted molar refractivity (Wildman–Crippen MR) is 138 cm³/mol. The second-order valence-corrected chi connectivity index (χ2v) is 9.32. The molecule has 0 aliphatic carbocycles. The highest BCUT2D eigenvalue weighted by atomic mass is 16.5. The Morgan fingerprint density at radius 2 is 1.83 bits per heavy atom. The fourth-order valence-electron chi connectivity index (χ4n) is 4.88. The van der Waals surface area contributed by atoms with Crippen LogP contribution in [0.4, 0.5) is 0 Å². The summed E-state index contributed by atoms with van der Waals surface area (Å²) in [6.07, 6.45) is 1.68. The van der Waals surface area contributed by atoms with Crippen LogP contribution in [0.25, 0.3) is 21.7 Å². The van der Waals surface area contributed by atoms with Gasteiger partial charge in [0.05, 0.1) is 23.6 Å². The lowest BCUT2D eigenvalue weighted by atomic mass is 9.97. The Morgan fingerprint density at radius 3 is 2.63 bits per heavy atom. The van der Waals surface area contributed by atoms with Gasteiger partial charge in [-0.25, -0.2) is 0 Å². The zero-order chi connectivity index (χ0) is 24.5. The summed E-state index contributed by atoms with van der Waals surface area (Å²) in [6, 6.07) is 18.7. The van der Waals surface area contributed by atoms with Gasteiger partial charge in [0.25, 0.3) is 5.91 Å². The molecule has 5 rings (SSSR count). The van der Waals surface area contributed by atoms with Gasteiger partial charge in [0.2, 0.25) is 5.76 Å². The monoisotopic (exact) mass is 470 g/mol. The minimum atomic E-state index is -0.517. The standard InChI is InChI=1S/C29H30N2O4/c1-4-17-34-21-11-7-10-20(18-21)25-24-26(32)23-14-13-19-9-5-6-12-22(19)27(23)35-28(24)29(33)31(25)16-8-15-30(2)3/h5-7,9-14,18,25H,4,8,15-17H2,1-3H3. The average Bonchev–Trinajstić information content (AvgIpc) is 3.14. The maximum Gasteiger partial charge on any atom is 0.290 e. The molecule has 1 unspecified atom stereocenters. The van der Waals surface area contributed by atoms with E-state index in [0.717, 1.165) is 41.5 Å². The van der Waals surface area contributed by atoms with Gasteiger partial charge in [-0.3, -0.25) is 9.59 Å². The molecule has 0 saturated heterocycles. The van der Waals surface area contributed by atoms with Crippen LogP contribution in [0.1, 0.15) is 47.5 Å². The largest absolute Gasteiger partial charge is 0.494 e. The summed E-state index contributed by atoms with van der Waals surface area (Å²) in [4.78, 5) is 31.5. The van der Waals surface area contributed by atoms with E-state index in [0.29, 0.717) is 29.7 Å². The molecular formula is C29H30N2O4. The van der Waals surface area contributed by atoms with Gasteiger partial charge in [0.15, 0.2) is 5.43 Å². The van der Waals surface area contributed by atoms with Gasteiger partial charge < -0.3 is 19.0 Å². The number of carbonyl (C=O) groups excluding carboxylic acids is 1. The summed E-state index contributed by atoms with van der Waals surface area (Å²) in [6.45, 7) is 4.02. The van der Waals surface area contributed by atoms with Crippen LogP contribution >= 0.6 is 0 Å². The molecule has 0 saturated carbocycles. The Bertz CT molecular complexity index is 1460. The highest BCUT2D eigenvalue weighted by Gasteiger charge is 2.42. The fourth-order valence-corrected chi connectivity index (χ4v) is 4.88. The van der Waals surface area contributed by atoms with Crippen LogP contribution < -0.4 is 10.2 Å². The number of hydrogen-bond acceptors (Lipinski definition) is 5. The minimum absolute atomic E-state index is 0.147. The molecule has 0 spiro atoms. The van der Waals surface area contributed by atoms with Crippen molar-refractivity contribution in [3.05, 3.63) is 87.8 Å². The van der Waals surface area contributed by atoms with Gasteiger partial charge in [-0.15, -0.1) is 0 Å². The summed E-state index contributed by atoms with van der Waals surface area (Å²) in [5, 5.41) is 2.29. The third kappa shape index (κ3) is 4.19. The van der Waals surface area contributed by atoms with E-state index < -0.39 is 6.04 Å². The van der Waals surface area contributed by atoms with E-state index in [-0.39, 0.29) is 17.1 Å². The molecule has 4 aromatic rings. The first-order valence-electron chi connectivity index (χ1n) is 12.2. The van der Waals surface area contributed by atoms with Gasteiger partial charge in [-0.2, -0.15) is 0 Å². The zero-order valence-corrected chi connectivity index (χ0v) is 20.4. The molecule has 1 amide bonds. The Kier molecular flexibility index (Phi) is 6.31. The van der Waals surface area contributed by atoms with E-state index >= 15 is 0 Å². The van der Waals surface area contributed by atoms with Crippen LogP contribution in [0.2, 0.25) is 0 Å². The summed E-state index contributed by atoms with van der Waals surface area (Å²) in [5.74, 6) is 0.638. The second kappa shape index (κ2) is 9.55. The van der Waals surface area contributed by atoms with Gasteiger partial charge in [0, 0.05) is 11.9 Å². The van der Waals surface area contributed by atoms with Crippen molar-refractivity contribution in [1.29, 1.82) is 0 Å². The maximum atomic E-state index is 13.9. The molecule has 3 aromatic carbocycles. The van der Waals surface area contributed by atoms with E-state index in [9.17, 15) is 9.59 Å². The average molecular weight is 471 g/mol. The first-order valence-corrected chi connectivity index (χ1v) is 12.2. The van der Waals surface area contributed by atoms with Crippen molar-refractivity contribution in [2.75, 3.05) is 33.8 Å². The third-order valence-corrected chi connectivity index (χ3v) is 6.51. The number of nitrogens with zero attached hydrogens (tertiary/aromatic N) is 2. The molecular weight excluding hydrogens is 440 g/mol. The van der Waals surface area contributed by atoms with Crippen molar-refractivity contribution in [2.24, 2.45) is 0 Å². The topological polar surface area (TPSA) is 63.0 Å². The number of benzene rings is 3. The predicted octanol–water partition coefficient (Wildman–Crippen LogP) is 5.23. The van der Waals surface area contributed by atoms with Crippen molar-refractivity contribution in [2.45, 2.75) is 25.8 Å². The van der Waals surface area contributed by atoms with E-state index in [1.807, 2.05) is 68.7 Å². The molecule has 1 aromatic heterocycles. The van der Waals surface area contributed by atoms with Crippen molar-refractivity contribution in [1.82, 2.24) is 9.80 Å². The second-order valence-electron chi connectivity index (χ2n) is 9.32. The van der Waals surface area contributed by atoms with Crippen LogP contribution in [0.5, 0.6) is 5.75 Å². The summed E-state index contributed by atoms with van der Waals surface area (Å²) in [5.41, 5.74) is 1.58. The molecule has 0 radical (unpaired) electrons. The van der Waals surface area contributed by atoms with Gasteiger partial charge in [-0.1, -0.05) is 49.4 Å². The molecule has 35 heavy (non-hydrogen) atoms. The summed E-state index contributed by atoms with van der Waals surface area (Å²) >= 11 is 0. The fraction of sp³-hybridized carbons (Fsp3) is 0.310. The Labute approximate surface area is 204 Å². The molecule has 0 N–H and O–H groups in total. The van der Waals surface area contributed by atoms with E-state index in [1.165, 1.54) is 0 Å². The van der Waals surface area contributed by atoms with Gasteiger partial charge >= 0.3 is 0 Å². The SMILES string of the molecule is CCCOc1cccc(C2c3c(oc4c(ccc5ccccc54)c3=O)C(=O)N2CCCN(C)C)c1. The smallest absolute Gasteiger partial charge is 0.290 e. The van der Waals surface area contributed by atoms with Crippen molar-refractivity contribution >= 4 is 27.6 Å². The lowest BCUT2D eigenvalue weighted by molar-refractivity contribution is 0.0722. The molecule has 6 nitrogen and oxygen atoms in total. The number of amides is 1. The normalized spacial score (nSPS) is 15.4. The summed E-state index contributed by atoms with van der Waals surface area (Å²) < 4.78 is 12.1. The van der Waals surface area contributed by atoms with E-state index in [4.69, 9.17) is 9.15 Å². The molecule has 1 aliphatic heterocycles. The van der Waals surface area contributed by atoms with Gasteiger partial charge in [0.1, 0.15) is 11.3 Å². The lowest BCUT2D eigenvalue weighted by Gasteiger charge is -2.26. The summed E-state index contributed by atoms with van der Waals surface area (Å²) in [7, 11) is 4.02. The quantitative estimate of drug-likeness (QED) is 0.330. The van der Waals surface area contributed by atoms with E-state index in [2.05, 4.69) is 11.8 Å². The van der Waals surface area contributed by atoms with Gasteiger partial charge in [-0.05, 0) is 62.6 Å². The number of rotatable bonds is 8. The molecule has 1 atom stereocenters. The molecule has 6 heteroatoms. The molecule has 0 fully saturated rings. The Morgan fingerprint density at radius 1 is 1.00 bits per heavy atom. The van der Waals surface area contributed by atoms with Crippen LogP contribution in [0, 0.1) is 0 Å². The first-order chi connectivity index (χ1) is 17.0. The van der Waals surface area contributed by atoms with Crippen LogP contribution in [0.15, 0.2) is 69.9 Å². The molecule has 2 heterocycles. The van der Waals surface area contributed by atoms with Crippen molar-refractivity contribution < 1.29 is 13.9 Å². The number of fused-ring (bicyclic) bond motifs is 4. The van der Waals surface area contributed by atoms with E-state index in [1.54, 1.807) is 11.0 Å². The maximum absolute atomic E-state index is 13.9. The van der Waals surface area contributed by atoms with Crippen LogP contribution in [0.3, 0.4) is 0 Å². The third-order valence-electron chi connectivity index (χ3n) is 6.51. The van der Waals surface area contributed by atoms with Crippen LogP contribution in [-0.2, 0) is 0 Å². The highest BCUT2D eigenvalue weighted by molar-refractivity contribution is 6.06. The Hall–Kier alpha value is -3.64. The first kappa shape index (κ1) is 23.1. The number of ether oxygens (including phenoxy) is 1. The molecule has 180 valence electrons. The minimum Gasteiger partial charge on any atom is -0.494 e. The zero-order valence-electron chi connectivity index (χ0n) is 20.4. The van der Waals surface area contributed by atoms with Crippen molar-refractivity contribution in [3.8, 4) is 5.75 Å². The Balaban J connectivity index is 1.68. The molecule has 0 bridgehead atoms. The highest BCUT2D eigenvalue weighted by Crippen LogP contribution is 2.40. The van der Waals surface area contributed by atoms with Crippen molar-refractivity contribution in [3.63, 3.8) is 0 Å². The van der Waals surface area contributed by atoms with Crippen LogP contribution in [-0.4, -0.2) is 49.5 Å². The number of carbonyl (C=O) groups is 1. The lowest BCUT2D eigenvalue weighted by Crippen LogP contribution is -2.32. The molecule has 1 aliphatic rings.